The van der Waals surface area contributed by atoms with E-state index in [4.69, 9.17) is 16.3 Å². The van der Waals surface area contributed by atoms with Crippen LogP contribution in [0.3, 0.4) is 0 Å². The van der Waals surface area contributed by atoms with Crippen LogP contribution in [-0.2, 0) is 29.1 Å². The van der Waals surface area contributed by atoms with Crippen molar-refractivity contribution < 1.29 is 27.5 Å². The van der Waals surface area contributed by atoms with Crippen molar-refractivity contribution in [2.24, 2.45) is 0 Å². The van der Waals surface area contributed by atoms with Gasteiger partial charge in [0.25, 0.3) is 5.91 Å². The first-order valence-electron chi connectivity index (χ1n) is 9.64. The minimum Gasteiger partial charge on any atom is -0.456 e. The number of amides is 2. The predicted octanol–water partition coefficient (Wildman–Crippen LogP) is 2.39. The third-order valence-electron chi connectivity index (χ3n) is 4.22. The molecule has 3 N–H and O–H groups in total. The molecule has 0 spiro atoms. The average Bonchev–Trinajstić information content (AvgIpc) is 2.72. The first kappa shape index (κ1) is 25.3. The third-order valence-corrected chi connectivity index (χ3v) is 5.95. The molecule has 0 aliphatic heterocycles. The van der Waals surface area contributed by atoms with Crippen LogP contribution in [0.1, 0.15) is 31.9 Å². The Labute approximate surface area is 191 Å². The Balaban J connectivity index is 1.73. The molecule has 0 bridgehead atoms. The second kappa shape index (κ2) is 11.6. The molecule has 0 aliphatic rings. The lowest BCUT2D eigenvalue weighted by molar-refractivity contribution is -0.148. The fraction of sp³-hybridized carbons (Fsp3) is 0.286. The van der Waals surface area contributed by atoms with E-state index in [1.54, 1.807) is 31.2 Å². The molecule has 0 radical (unpaired) electrons. The summed E-state index contributed by atoms with van der Waals surface area (Å²) in [7, 11) is -3.84. The van der Waals surface area contributed by atoms with E-state index >= 15 is 0 Å². The summed E-state index contributed by atoms with van der Waals surface area (Å²) in [5, 5.41) is 5.81. The zero-order valence-corrected chi connectivity index (χ0v) is 19.1. The quantitative estimate of drug-likeness (QED) is 0.446. The largest absolute Gasteiger partial charge is 0.456 e. The van der Waals surface area contributed by atoms with Crippen molar-refractivity contribution in [2.45, 2.75) is 31.2 Å². The third kappa shape index (κ3) is 8.29. The summed E-state index contributed by atoms with van der Waals surface area (Å²) in [6, 6.07) is 12.2. The maximum atomic E-state index is 12.3. The van der Waals surface area contributed by atoms with Gasteiger partial charge < -0.3 is 15.4 Å². The summed E-state index contributed by atoms with van der Waals surface area (Å²) >= 11 is 5.83. The van der Waals surface area contributed by atoms with Crippen LogP contribution in [0, 0.1) is 0 Å². The fourth-order valence-electron chi connectivity index (χ4n) is 2.63. The second-order valence-corrected chi connectivity index (χ2v) is 9.06. The highest BCUT2D eigenvalue weighted by molar-refractivity contribution is 7.89. The Morgan fingerprint density at radius 1 is 1.03 bits per heavy atom. The van der Waals surface area contributed by atoms with Gasteiger partial charge in [-0.2, -0.15) is 0 Å². The SMILES string of the molecule is CC(=O)Nc1ccc(S(=O)(=O)NCCC(=O)OCC(=O)NC(C)c2ccc(Cl)cc2)cc1. The second-order valence-electron chi connectivity index (χ2n) is 6.85. The lowest BCUT2D eigenvalue weighted by atomic mass is 10.1. The monoisotopic (exact) mass is 481 g/mol. The van der Waals surface area contributed by atoms with Gasteiger partial charge in [-0.3, -0.25) is 14.4 Å². The summed E-state index contributed by atoms with van der Waals surface area (Å²) in [4.78, 5) is 34.8. The Kier molecular flexibility index (Phi) is 9.18. The summed E-state index contributed by atoms with van der Waals surface area (Å²) < 4.78 is 31.7. The van der Waals surface area contributed by atoms with Gasteiger partial charge in [0.2, 0.25) is 15.9 Å². The maximum absolute atomic E-state index is 12.3. The van der Waals surface area contributed by atoms with E-state index in [1.807, 2.05) is 0 Å². The van der Waals surface area contributed by atoms with Gasteiger partial charge >= 0.3 is 5.97 Å². The van der Waals surface area contributed by atoms with E-state index in [-0.39, 0.29) is 29.8 Å². The number of benzene rings is 2. The smallest absolute Gasteiger partial charge is 0.307 e. The van der Waals surface area contributed by atoms with Crippen molar-refractivity contribution >= 4 is 45.1 Å². The highest BCUT2D eigenvalue weighted by Gasteiger charge is 2.16. The Morgan fingerprint density at radius 3 is 2.25 bits per heavy atom. The van der Waals surface area contributed by atoms with Crippen LogP contribution in [-0.4, -0.2) is 39.4 Å². The normalized spacial score (nSPS) is 12.0. The van der Waals surface area contributed by atoms with Crippen LogP contribution in [0.2, 0.25) is 5.02 Å². The summed E-state index contributed by atoms with van der Waals surface area (Å²) in [5.74, 6) is -1.48. The maximum Gasteiger partial charge on any atom is 0.307 e. The summed E-state index contributed by atoms with van der Waals surface area (Å²) in [6.45, 7) is 2.45. The van der Waals surface area contributed by atoms with Crippen LogP contribution in [0.4, 0.5) is 5.69 Å². The van der Waals surface area contributed by atoms with Crippen LogP contribution < -0.4 is 15.4 Å². The molecule has 0 aromatic heterocycles. The van der Waals surface area contributed by atoms with Gasteiger partial charge in [-0.15, -0.1) is 0 Å². The highest BCUT2D eigenvalue weighted by atomic mass is 35.5. The van der Waals surface area contributed by atoms with E-state index in [0.717, 1.165) is 5.56 Å². The van der Waals surface area contributed by atoms with E-state index in [2.05, 4.69) is 15.4 Å². The van der Waals surface area contributed by atoms with Crippen molar-refractivity contribution in [2.75, 3.05) is 18.5 Å². The summed E-state index contributed by atoms with van der Waals surface area (Å²) in [5.41, 5.74) is 1.30. The van der Waals surface area contributed by atoms with Crippen LogP contribution in [0.15, 0.2) is 53.4 Å². The predicted molar refractivity (Wildman–Crippen MR) is 120 cm³/mol. The number of carbonyl (C=O) groups excluding carboxylic acids is 3. The standard InChI is InChI=1S/C21H24ClN3O6S/c1-14(16-3-5-17(22)6-4-16)24-20(27)13-31-21(28)11-12-23-32(29,30)19-9-7-18(8-10-19)25-15(2)26/h3-10,14,23H,11-13H2,1-2H3,(H,24,27)(H,25,26). The van der Waals surface area contributed by atoms with Crippen molar-refractivity contribution in [1.29, 1.82) is 0 Å². The molecular formula is C21H24ClN3O6S. The Bertz CT molecular complexity index is 1060. The van der Waals surface area contributed by atoms with Gasteiger partial charge in [0.1, 0.15) is 0 Å². The topological polar surface area (TPSA) is 131 Å². The molecule has 0 heterocycles. The zero-order valence-electron chi connectivity index (χ0n) is 17.6. The Morgan fingerprint density at radius 2 is 1.66 bits per heavy atom. The molecule has 11 heteroatoms. The van der Waals surface area contributed by atoms with Gasteiger partial charge in [0.15, 0.2) is 6.61 Å². The van der Waals surface area contributed by atoms with E-state index in [1.165, 1.54) is 31.2 Å². The number of halogens is 1. The molecule has 2 amide bonds. The molecule has 2 aromatic rings. The first-order chi connectivity index (χ1) is 15.1. The molecule has 1 unspecified atom stereocenters. The lowest BCUT2D eigenvalue weighted by Gasteiger charge is -2.14. The van der Waals surface area contributed by atoms with Crippen LogP contribution in [0.25, 0.3) is 0 Å². The van der Waals surface area contributed by atoms with Crippen molar-refractivity contribution in [3.8, 4) is 0 Å². The lowest BCUT2D eigenvalue weighted by Crippen LogP contribution is -2.32. The number of nitrogens with one attached hydrogen (secondary N) is 3. The number of anilines is 1. The number of esters is 1. The van der Waals surface area contributed by atoms with Crippen LogP contribution >= 0.6 is 11.6 Å². The minimum atomic E-state index is -3.84. The van der Waals surface area contributed by atoms with Gasteiger partial charge in [-0.1, -0.05) is 23.7 Å². The molecular weight excluding hydrogens is 458 g/mol. The molecule has 9 nitrogen and oxygen atoms in total. The minimum absolute atomic E-state index is 0.0180. The molecule has 172 valence electrons. The molecule has 0 fully saturated rings. The van der Waals surface area contributed by atoms with Crippen molar-refractivity contribution in [1.82, 2.24) is 10.0 Å². The molecule has 2 rings (SSSR count). The molecule has 1 atom stereocenters. The first-order valence-corrected chi connectivity index (χ1v) is 11.5. The highest BCUT2D eigenvalue weighted by Crippen LogP contribution is 2.16. The van der Waals surface area contributed by atoms with E-state index in [0.29, 0.717) is 10.7 Å². The van der Waals surface area contributed by atoms with Crippen molar-refractivity contribution in [3.05, 3.63) is 59.1 Å². The van der Waals surface area contributed by atoms with Crippen LogP contribution in [0.5, 0.6) is 0 Å². The van der Waals surface area contributed by atoms with Gasteiger partial charge in [0.05, 0.1) is 17.4 Å². The van der Waals surface area contributed by atoms with E-state index < -0.39 is 28.5 Å². The Hall–Kier alpha value is -2.95. The average molecular weight is 482 g/mol. The number of hydrogen-bond acceptors (Lipinski definition) is 6. The molecule has 32 heavy (non-hydrogen) atoms. The van der Waals surface area contributed by atoms with E-state index in [9.17, 15) is 22.8 Å². The molecule has 2 aromatic carbocycles. The van der Waals surface area contributed by atoms with Crippen molar-refractivity contribution in [3.63, 3.8) is 0 Å². The fourth-order valence-corrected chi connectivity index (χ4v) is 3.79. The summed E-state index contributed by atoms with van der Waals surface area (Å²) in [6.07, 6.45) is -0.247. The number of hydrogen-bond donors (Lipinski definition) is 3. The van der Waals surface area contributed by atoms with Gasteiger partial charge in [0, 0.05) is 24.2 Å². The van der Waals surface area contributed by atoms with Gasteiger partial charge in [-0.05, 0) is 48.9 Å². The molecule has 0 saturated heterocycles. The number of carbonyl (C=O) groups is 3. The number of ether oxygens (including phenoxy) is 1. The molecule has 0 saturated carbocycles. The number of sulfonamides is 1. The zero-order chi connectivity index (χ0) is 23.7. The van der Waals surface area contributed by atoms with Gasteiger partial charge in [-0.25, -0.2) is 13.1 Å². The molecule has 0 aliphatic carbocycles. The number of rotatable bonds is 10.